The van der Waals surface area contributed by atoms with Crippen LogP contribution in [0.5, 0.6) is 0 Å². The maximum absolute atomic E-state index is 12.1. The van der Waals surface area contributed by atoms with E-state index in [0.717, 1.165) is 32.5 Å². The van der Waals surface area contributed by atoms with Crippen molar-refractivity contribution in [2.75, 3.05) is 39.5 Å². The second-order valence-electron chi connectivity index (χ2n) is 5.99. The number of likely N-dealkylation sites (tertiary alicyclic amines) is 1. The molecule has 1 fully saturated rings. The number of amides is 1. The number of rotatable bonds is 8. The topological polar surface area (TPSA) is 61.8 Å². The van der Waals surface area contributed by atoms with Gasteiger partial charge in [0.1, 0.15) is 0 Å². The van der Waals surface area contributed by atoms with Gasteiger partial charge in [0.2, 0.25) is 5.91 Å². The van der Waals surface area contributed by atoms with Crippen molar-refractivity contribution in [1.29, 1.82) is 0 Å². The summed E-state index contributed by atoms with van der Waals surface area (Å²) in [4.78, 5) is 14.5. The van der Waals surface area contributed by atoms with Gasteiger partial charge >= 0.3 is 0 Å². The molecule has 1 saturated heterocycles. The summed E-state index contributed by atoms with van der Waals surface area (Å²) < 4.78 is 5.27. The molecule has 1 aliphatic heterocycles. The summed E-state index contributed by atoms with van der Waals surface area (Å²) in [5.74, 6) is 0.843. The summed E-state index contributed by atoms with van der Waals surface area (Å²) in [5, 5.41) is 11.7. The van der Waals surface area contributed by atoms with E-state index in [0.29, 0.717) is 19.1 Å². The number of carbonyl (C=O) groups is 1. The maximum atomic E-state index is 12.1. The molecular formula is C15H30N2O3. The van der Waals surface area contributed by atoms with E-state index in [2.05, 4.69) is 31.0 Å². The van der Waals surface area contributed by atoms with Crippen LogP contribution in [0.25, 0.3) is 0 Å². The van der Waals surface area contributed by atoms with Crippen molar-refractivity contribution >= 4 is 5.91 Å². The molecule has 118 valence electrons. The van der Waals surface area contributed by atoms with Gasteiger partial charge in [0.25, 0.3) is 0 Å². The van der Waals surface area contributed by atoms with Crippen molar-refractivity contribution in [2.45, 2.75) is 39.7 Å². The van der Waals surface area contributed by atoms with E-state index in [4.69, 9.17) is 9.84 Å². The lowest BCUT2D eigenvalue weighted by Crippen LogP contribution is -2.45. The highest BCUT2D eigenvalue weighted by molar-refractivity contribution is 5.79. The molecule has 0 radical (unpaired) electrons. The summed E-state index contributed by atoms with van der Waals surface area (Å²) in [7, 11) is 0. The Morgan fingerprint density at radius 2 is 1.95 bits per heavy atom. The first-order valence-electron chi connectivity index (χ1n) is 7.76. The Morgan fingerprint density at radius 1 is 1.30 bits per heavy atom. The normalized spacial score (nSPS) is 19.2. The van der Waals surface area contributed by atoms with Gasteiger partial charge < -0.3 is 20.1 Å². The first kappa shape index (κ1) is 17.4. The van der Waals surface area contributed by atoms with Gasteiger partial charge in [-0.2, -0.15) is 0 Å². The minimum Gasteiger partial charge on any atom is -0.394 e. The fraction of sp³-hybridized carbons (Fsp3) is 0.933. The van der Waals surface area contributed by atoms with Crippen LogP contribution in [0.4, 0.5) is 0 Å². The molecule has 1 atom stereocenters. The van der Waals surface area contributed by atoms with Crippen LogP contribution in [-0.4, -0.2) is 61.4 Å². The zero-order valence-corrected chi connectivity index (χ0v) is 13.1. The lowest BCUT2D eigenvalue weighted by molar-refractivity contribution is -0.127. The van der Waals surface area contributed by atoms with Gasteiger partial charge in [0.05, 0.1) is 19.8 Å². The molecule has 2 N–H and O–H groups in total. The number of piperidine rings is 1. The van der Waals surface area contributed by atoms with Crippen LogP contribution in [0.15, 0.2) is 0 Å². The Morgan fingerprint density at radius 3 is 2.50 bits per heavy atom. The van der Waals surface area contributed by atoms with Gasteiger partial charge in [-0.25, -0.2) is 0 Å². The highest BCUT2D eigenvalue weighted by atomic mass is 16.5. The summed E-state index contributed by atoms with van der Waals surface area (Å²) in [6.45, 7) is 10.3. The molecular weight excluding hydrogens is 256 g/mol. The van der Waals surface area contributed by atoms with Gasteiger partial charge in [-0.15, -0.1) is 0 Å². The van der Waals surface area contributed by atoms with Gasteiger partial charge in [0, 0.05) is 18.5 Å². The Balaban J connectivity index is 2.19. The zero-order chi connectivity index (χ0) is 15.0. The summed E-state index contributed by atoms with van der Waals surface area (Å²) in [6.07, 6.45) is 1.85. The average Bonchev–Trinajstić information content (AvgIpc) is 2.44. The van der Waals surface area contributed by atoms with Crippen LogP contribution in [0.3, 0.4) is 0 Å². The van der Waals surface area contributed by atoms with E-state index in [1.165, 1.54) is 0 Å². The smallest absolute Gasteiger partial charge is 0.223 e. The third-order valence-electron chi connectivity index (χ3n) is 4.12. The van der Waals surface area contributed by atoms with Gasteiger partial charge in [-0.3, -0.25) is 4.79 Å². The van der Waals surface area contributed by atoms with Crippen molar-refractivity contribution in [2.24, 2.45) is 11.8 Å². The van der Waals surface area contributed by atoms with Crippen molar-refractivity contribution in [1.82, 2.24) is 10.2 Å². The molecule has 0 aromatic carbocycles. The molecule has 0 spiro atoms. The minimum atomic E-state index is 0.0796. The fourth-order valence-corrected chi connectivity index (χ4v) is 2.29. The van der Waals surface area contributed by atoms with E-state index in [-0.39, 0.29) is 24.5 Å². The largest absolute Gasteiger partial charge is 0.394 e. The Kier molecular flexibility index (Phi) is 8.11. The van der Waals surface area contributed by atoms with Crippen molar-refractivity contribution in [3.63, 3.8) is 0 Å². The first-order chi connectivity index (χ1) is 9.54. The van der Waals surface area contributed by atoms with Crippen LogP contribution in [-0.2, 0) is 9.53 Å². The standard InChI is InChI=1S/C15H30N2O3/c1-12(2)13(3)16-15(19)14-4-6-17(7-5-14)8-10-20-11-9-18/h12-14,18H,4-11H2,1-3H3,(H,16,19). The number of aliphatic hydroxyl groups excluding tert-OH is 1. The molecule has 1 unspecified atom stereocenters. The molecule has 1 aliphatic rings. The number of hydrogen-bond acceptors (Lipinski definition) is 4. The van der Waals surface area contributed by atoms with Gasteiger partial charge in [-0.1, -0.05) is 13.8 Å². The van der Waals surface area contributed by atoms with E-state index in [9.17, 15) is 4.79 Å². The van der Waals surface area contributed by atoms with Crippen LogP contribution in [0.1, 0.15) is 33.6 Å². The van der Waals surface area contributed by atoms with Crippen LogP contribution < -0.4 is 5.32 Å². The SMILES string of the molecule is CC(C)C(C)NC(=O)C1CCN(CCOCCO)CC1. The number of nitrogens with one attached hydrogen (secondary N) is 1. The summed E-state index contributed by atoms with van der Waals surface area (Å²) in [6, 6.07) is 0.243. The van der Waals surface area contributed by atoms with E-state index >= 15 is 0 Å². The van der Waals surface area contributed by atoms with E-state index in [1.54, 1.807) is 0 Å². The Bertz CT molecular complexity index is 276. The molecule has 0 bridgehead atoms. The predicted octanol–water partition coefficient (Wildman–Crippen LogP) is 0.868. The van der Waals surface area contributed by atoms with Crippen LogP contribution >= 0.6 is 0 Å². The molecule has 1 rings (SSSR count). The van der Waals surface area contributed by atoms with E-state index < -0.39 is 0 Å². The molecule has 0 aromatic rings. The van der Waals surface area contributed by atoms with Crippen molar-refractivity contribution < 1.29 is 14.6 Å². The minimum absolute atomic E-state index is 0.0796. The molecule has 20 heavy (non-hydrogen) atoms. The Hall–Kier alpha value is -0.650. The van der Waals surface area contributed by atoms with Crippen molar-refractivity contribution in [3.8, 4) is 0 Å². The second-order valence-corrected chi connectivity index (χ2v) is 5.99. The van der Waals surface area contributed by atoms with Crippen LogP contribution in [0, 0.1) is 11.8 Å². The number of nitrogens with zero attached hydrogens (tertiary/aromatic N) is 1. The van der Waals surface area contributed by atoms with Gasteiger partial charge in [-0.05, 0) is 38.8 Å². The first-order valence-corrected chi connectivity index (χ1v) is 7.76. The quantitative estimate of drug-likeness (QED) is 0.650. The zero-order valence-electron chi connectivity index (χ0n) is 13.1. The van der Waals surface area contributed by atoms with E-state index in [1.807, 2.05) is 0 Å². The molecule has 0 aliphatic carbocycles. The predicted molar refractivity (Wildman–Crippen MR) is 79.5 cm³/mol. The number of hydrogen-bond donors (Lipinski definition) is 2. The average molecular weight is 286 g/mol. The molecule has 0 aromatic heterocycles. The van der Waals surface area contributed by atoms with Gasteiger partial charge in [0.15, 0.2) is 0 Å². The molecule has 5 nitrogen and oxygen atoms in total. The van der Waals surface area contributed by atoms with Crippen LogP contribution in [0.2, 0.25) is 0 Å². The number of ether oxygens (including phenoxy) is 1. The monoisotopic (exact) mass is 286 g/mol. The number of aliphatic hydroxyl groups is 1. The molecule has 1 heterocycles. The molecule has 1 amide bonds. The maximum Gasteiger partial charge on any atom is 0.223 e. The number of carbonyl (C=O) groups excluding carboxylic acids is 1. The van der Waals surface area contributed by atoms with Crippen molar-refractivity contribution in [3.05, 3.63) is 0 Å². The lowest BCUT2D eigenvalue weighted by Gasteiger charge is -2.32. The highest BCUT2D eigenvalue weighted by Crippen LogP contribution is 2.17. The lowest BCUT2D eigenvalue weighted by atomic mass is 9.95. The highest BCUT2D eigenvalue weighted by Gasteiger charge is 2.25. The molecule has 0 saturated carbocycles. The summed E-state index contributed by atoms with van der Waals surface area (Å²) >= 11 is 0. The summed E-state index contributed by atoms with van der Waals surface area (Å²) in [5.41, 5.74) is 0. The molecule has 5 heteroatoms. The Labute approximate surface area is 122 Å². The fourth-order valence-electron chi connectivity index (χ4n) is 2.29. The third kappa shape index (κ3) is 6.20. The third-order valence-corrected chi connectivity index (χ3v) is 4.12. The second kappa shape index (κ2) is 9.32.